The van der Waals surface area contributed by atoms with Crippen LogP contribution in [0.15, 0.2) is 59.5 Å². The normalized spacial score (nSPS) is 20.1. The Morgan fingerprint density at radius 2 is 1.52 bits per heavy atom. The first-order valence-electron chi connectivity index (χ1n) is 7.98. The Morgan fingerprint density at radius 1 is 0.870 bits per heavy atom. The van der Waals surface area contributed by atoms with Crippen LogP contribution in [0.1, 0.15) is 19.3 Å². The Morgan fingerprint density at radius 3 is 2.22 bits per heavy atom. The third-order valence-electron chi connectivity index (χ3n) is 4.33. The van der Waals surface area contributed by atoms with Gasteiger partial charge in [0.05, 0.1) is 4.90 Å². The van der Waals surface area contributed by atoms with E-state index in [1.165, 1.54) is 0 Å². The first-order valence-corrected chi connectivity index (χ1v) is 9.42. The molecule has 0 aromatic heterocycles. The van der Waals surface area contributed by atoms with E-state index in [-0.39, 0.29) is 6.04 Å². The molecule has 1 aliphatic rings. The zero-order valence-electron chi connectivity index (χ0n) is 13.1. The van der Waals surface area contributed by atoms with Crippen molar-refractivity contribution in [1.29, 1.82) is 0 Å². The topological polar surface area (TPSA) is 63.4 Å². The summed E-state index contributed by atoms with van der Waals surface area (Å²) in [5, 5.41) is 0. The van der Waals surface area contributed by atoms with Gasteiger partial charge in [-0.3, -0.25) is 0 Å². The van der Waals surface area contributed by atoms with Crippen LogP contribution in [0.25, 0.3) is 11.1 Å². The number of hydrogen-bond acceptors (Lipinski definition) is 3. The molecule has 122 valence electrons. The molecule has 0 saturated carbocycles. The van der Waals surface area contributed by atoms with E-state index >= 15 is 0 Å². The van der Waals surface area contributed by atoms with Gasteiger partial charge in [-0.25, -0.2) is 8.42 Å². The van der Waals surface area contributed by atoms with Gasteiger partial charge >= 0.3 is 0 Å². The first-order chi connectivity index (χ1) is 11.1. The molecule has 0 bridgehead atoms. The van der Waals surface area contributed by atoms with Crippen molar-refractivity contribution in [2.75, 3.05) is 13.1 Å². The van der Waals surface area contributed by atoms with Crippen molar-refractivity contribution in [2.24, 2.45) is 5.73 Å². The summed E-state index contributed by atoms with van der Waals surface area (Å²) in [7, 11) is -3.43. The first kappa shape index (κ1) is 16.2. The van der Waals surface area contributed by atoms with E-state index in [9.17, 15) is 8.42 Å². The number of nitrogens with zero attached hydrogens (tertiary/aromatic N) is 1. The Bertz CT molecular complexity index is 742. The molecule has 1 fully saturated rings. The van der Waals surface area contributed by atoms with Crippen molar-refractivity contribution in [3.63, 3.8) is 0 Å². The van der Waals surface area contributed by atoms with Crippen LogP contribution in [0.5, 0.6) is 0 Å². The standard InChI is InChI=1S/C18H22N2O2S/c19-17-7-4-13-20(14-12-17)23(21,22)18-10-8-16(9-11-18)15-5-2-1-3-6-15/h1-3,5-6,8-11,17H,4,7,12-14,19H2. The highest BCUT2D eigenvalue weighted by molar-refractivity contribution is 7.89. The van der Waals surface area contributed by atoms with Crippen LogP contribution < -0.4 is 5.73 Å². The van der Waals surface area contributed by atoms with Crippen LogP contribution in [-0.4, -0.2) is 31.9 Å². The van der Waals surface area contributed by atoms with Crippen molar-refractivity contribution in [3.05, 3.63) is 54.6 Å². The van der Waals surface area contributed by atoms with E-state index in [4.69, 9.17) is 5.73 Å². The van der Waals surface area contributed by atoms with E-state index in [1.54, 1.807) is 16.4 Å². The summed E-state index contributed by atoms with van der Waals surface area (Å²) >= 11 is 0. The molecular weight excluding hydrogens is 308 g/mol. The predicted octanol–water partition coefficient (Wildman–Crippen LogP) is 2.86. The second-order valence-corrected chi connectivity index (χ2v) is 7.92. The minimum Gasteiger partial charge on any atom is -0.328 e. The van der Waals surface area contributed by atoms with Crippen molar-refractivity contribution in [1.82, 2.24) is 4.31 Å². The number of nitrogens with two attached hydrogens (primary N) is 1. The molecule has 2 aromatic rings. The van der Waals surface area contributed by atoms with E-state index < -0.39 is 10.0 Å². The van der Waals surface area contributed by atoms with Gasteiger partial charge in [0.15, 0.2) is 0 Å². The fourth-order valence-corrected chi connectivity index (χ4v) is 4.43. The van der Waals surface area contributed by atoms with Crippen molar-refractivity contribution in [3.8, 4) is 11.1 Å². The fraction of sp³-hybridized carbons (Fsp3) is 0.333. The van der Waals surface area contributed by atoms with Gasteiger partial charge in [0, 0.05) is 19.1 Å². The summed E-state index contributed by atoms with van der Waals surface area (Å²) in [6.07, 6.45) is 2.43. The Hall–Kier alpha value is -1.69. The summed E-state index contributed by atoms with van der Waals surface area (Å²) < 4.78 is 27.1. The minimum absolute atomic E-state index is 0.107. The second kappa shape index (κ2) is 6.83. The van der Waals surface area contributed by atoms with Crippen molar-refractivity contribution < 1.29 is 8.42 Å². The van der Waals surface area contributed by atoms with E-state index in [2.05, 4.69) is 0 Å². The van der Waals surface area contributed by atoms with Crippen LogP contribution in [0.4, 0.5) is 0 Å². The number of hydrogen-bond donors (Lipinski definition) is 1. The maximum atomic E-state index is 12.8. The SMILES string of the molecule is NC1CCCN(S(=O)(=O)c2ccc(-c3ccccc3)cc2)CC1. The molecule has 1 saturated heterocycles. The maximum absolute atomic E-state index is 12.8. The molecule has 0 aliphatic carbocycles. The van der Waals surface area contributed by atoms with E-state index in [0.29, 0.717) is 18.0 Å². The van der Waals surface area contributed by atoms with Gasteiger partial charge < -0.3 is 5.73 Å². The lowest BCUT2D eigenvalue weighted by Gasteiger charge is -2.20. The second-order valence-electron chi connectivity index (χ2n) is 5.99. The van der Waals surface area contributed by atoms with Gasteiger partial charge in [0.25, 0.3) is 0 Å². The van der Waals surface area contributed by atoms with Crippen molar-refractivity contribution in [2.45, 2.75) is 30.2 Å². The molecule has 2 N–H and O–H groups in total. The zero-order valence-corrected chi connectivity index (χ0v) is 13.9. The van der Waals surface area contributed by atoms with Crippen LogP contribution in [0.3, 0.4) is 0 Å². The molecule has 1 unspecified atom stereocenters. The molecule has 3 rings (SSSR count). The minimum atomic E-state index is -3.43. The smallest absolute Gasteiger partial charge is 0.243 e. The number of rotatable bonds is 3. The summed E-state index contributed by atoms with van der Waals surface area (Å²) in [6, 6.07) is 17.2. The number of sulfonamides is 1. The third-order valence-corrected chi connectivity index (χ3v) is 6.24. The van der Waals surface area contributed by atoms with Gasteiger partial charge in [0.1, 0.15) is 0 Å². The molecule has 1 heterocycles. The lowest BCUT2D eigenvalue weighted by molar-refractivity contribution is 0.421. The lowest BCUT2D eigenvalue weighted by Crippen LogP contribution is -2.32. The molecule has 0 radical (unpaired) electrons. The Labute approximate surface area is 138 Å². The third kappa shape index (κ3) is 3.63. The van der Waals surface area contributed by atoms with Crippen molar-refractivity contribution >= 4 is 10.0 Å². The molecule has 23 heavy (non-hydrogen) atoms. The summed E-state index contributed by atoms with van der Waals surface area (Å²) in [5.74, 6) is 0. The van der Waals surface area contributed by atoms with E-state index in [0.717, 1.165) is 30.4 Å². The highest BCUT2D eigenvalue weighted by atomic mass is 32.2. The Balaban J connectivity index is 1.83. The quantitative estimate of drug-likeness (QED) is 0.941. The van der Waals surface area contributed by atoms with Crippen LogP contribution >= 0.6 is 0 Å². The molecule has 0 spiro atoms. The molecule has 0 amide bonds. The fourth-order valence-electron chi connectivity index (χ4n) is 2.94. The van der Waals surface area contributed by atoms with E-state index in [1.807, 2.05) is 42.5 Å². The van der Waals surface area contributed by atoms with Gasteiger partial charge in [-0.05, 0) is 42.5 Å². The number of benzene rings is 2. The van der Waals surface area contributed by atoms with Gasteiger partial charge in [-0.2, -0.15) is 4.31 Å². The monoisotopic (exact) mass is 330 g/mol. The summed E-state index contributed by atoms with van der Waals surface area (Å²) in [5.41, 5.74) is 8.04. The lowest BCUT2D eigenvalue weighted by atomic mass is 10.1. The maximum Gasteiger partial charge on any atom is 0.243 e. The van der Waals surface area contributed by atoms with Crippen LogP contribution in [-0.2, 0) is 10.0 Å². The highest BCUT2D eigenvalue weighted by Gasteiger charge is 2.26. The molecule has 5 heteroatoms. The molecular formula is C18H22N2O2S. The average molecular weight is 330 g/mol. The molecule has 4 nitrogen and oxygen atoms in total. The van der Waals surface area contributed by atoms with Gasteiger partial charge in [0.2, 0.25) is 10.0 Å². The Kier molecular flexibility index (Phi) is 4.80. The summed E-state index contributed by atoms with van der Waals surface area (Å²) in [4.78, 5) is 0.354. The zero-order chi connectivity index (χ0) is 16.3. The predicted molar refractivity (Wildman–Crippen MR) is 92.5 cm³/mol. The van der Waals surface area contributed by atoms with Crippen LogP contribution in [0.2, 0.25) is 0 Å². The highest BCUT2D eigenvalue weighted by Crippen LogP contribution is 2.24. The molecule has 2 aromatic carbocycles. The largest absolute Gasteiger partial charge is 0.328 e. The van der Waals surface area contributed by atoms with Gasteiger partial charge in [-0.15, -0.1) is 0 Å². The molecule has 1 aliphatic heterocycles. The summed E-state index contributed by atoms with van der Waals surface area (Å²) in [6.45, 7) is 1.06. The average Bonchev–Trinajstić information content (AvgIpc) is 2.81. The molecule has 1 atom stereocenters. The van der Waals surface area contributed by atoms with Crippen LogP contribution in [0, 0.1) is 0 Å². The van der Waals surface area contributed by atoms with Gasteiger partial charge in [-0.1, -0.05) is 42.5 Å².